The molecule has 2 aromatic rings. The fraction of sp³-hybridized carbons (Fsp3) is 0.444. The number of rotatable bonds is 2. The lowest BCUT2D eigenvalue weighted by atomic mass is 9.85. The summed E-state index contributed by atoms with van der Waals surface area (Å²) < 4.78 is 1.07. The molecule has 2 fully saturated rings. The predicted octanol–water partition coefficient (Wildman–Crippen LogP) is 3.76. The van der Waals surface area contributed by atoms with Crippen LogP contribution in [0.15, 0.2) is 30.3 Å². The third kappa shape index (κ3) is 2.43. The molecule has 1 aliphatic heterocycles. The summed E-state index contributed by atoms with van der Waals surface area (Å²) in [7, 11) is 0. The van der Waals surface area contributed by atoms with Crippen LogP contribution < -0.4 is 0 Å². The topological polar surface area (TPSA) is 57.6 Å². The third-order valence-electron chi connectivity index (χ3n) is 5.24. The average Bonchev–Trinajstić information content (AvgIpc) is 3.15. The Morgan fingerprint density at radius 2 is 1.96 bits per heavy atom. The Bertz CT molecular complexity index is 735. The van der Waals surface area contributed by atoms with Crippen LogP contribution in [0, 0.1) is 5.92 Å². The van der Waals surface area contributed by atoms with Crippen molar-refractivity contribution in [1.82, 2.24) is 4.90 Å². The van der Waals surface area contributed by atoms with Gasteiger partial charge in [-0.05, 0) is 42.7 Å². The monoisotopic (exact) mass is 329 g/mol. The van der Waals surface area contributed by atoms with Crippen molar-refractivity contribution >= 4 is 33.3 Å². The van der Waals surface area contributed by atoms with Crippen molar-refractivity contribution < 1.29 is 14.7 Å². The van der Waals surface area contributed by atoms with E-state index in [4.69, 9.17) is 0 Å². The second-order valence-electron chi connectivity index (χ2n) is 6.56. The van der Waals surface area contributed by atoms with Crippen LogP contribution in [0.3, 0.4) is 0 Å². The highest BCUT2D eigenvalue weighted by molar-refractivity contribution is 7.20. The van der Waals surface area contributed by atoms with Crippen molar-refractivity contribution in [2.45, 2.75) is 44.2 Å². The van der Waals surface area contributed by atoms with E-state index in [1.165, 1.54) is 11.3 Å². The standard InChI is InChI=1S/C18H19NO3S/c20-17(16-10-12-6-2-4-8-15(12)23-16)19-13-7-3-1-5-11(13)9-14(19)18(21)22/h2,4,6,8,10-11,13-14H,1,3,5,7,9H2,(H,21,22). The molecule has 0 spiro atoms. The SMILES string of the molecule is O=C(O)C1CC2CCCCC2N1C(=O)c1cc2ccccc2s1. The van der Waals surface area contributed by atoms with Gasteiger partial charge in [-0.3, -0.25) is 4.79 Å². The summed E-state index contributed by atoms with van der Waals surface area (Å²) >= 11 is 1.46. The van der Waals surface area contributed by atoms with E-state index in [0.717, 1.165) is 35.8 Å². The lowest BCUT2D eigenvalue weighted by molar-refractivity contribution is -0.141. The summed E-state index contributed by atoms with van der Waals surface area (Å²) in [5, 5.41) is 10.6. The summed E-state index contributed by atoms with van der Waals surface area (Å²) in [4.78, 5) is 27.1. The van der Waals surface area contributed by atoms with Gasteiger partial charge in [-0.1, -0.05) is 31.0 Å². The zero-order valence-corrected chi connectivity index (χ0v) is 13.6. The highest BCUT2D eigenvalue weighted by Gasteiger charge is 2.47. The van der Waals surface area contributed by atoms with Crippen LogP contribution in [0.2, 0.25) is 0 Å². The molecule has 1 aromatic carbocycles. The summed E-state index contributed by atoms with van der Waals surface area (Å²) in [6, 6.07) is 9.24. The zero-order chi connectivity index (χ0) is 16.0. The Hall–Kier alpha value is -1.88. The van der Waals surface area contributed by atoms with Gasteiger partial charge in [0.15, 0.2) is 0 Å². The van der Waals surface area contributed by atoms with Gasteiger partial charge < -0.3 is 10.0 Å². The maximum absolute atomic E-state index is 13.1. The fourth-order valence-corrected chi connectivity index (χ4v) is 5.19. The number of carbonyl (C=O) groups excluding carboxylic acids is 1. The van der Waals surface area contributed by atoms with Crippen molar-refractivity contribution in [2.75, 3.05) is 0 Å². The molecule has 3 unspecified atom stereocenters. The van der Waals surface area contributed by atoms with Crippen molar-refractivity contribution in [3.8, 4) is 0 Å². The Labute approximate surface area is 138 Å². The molecule has 120 valence electrons. The first-order valence-electron chi connectivity index (χ1n) is 8.19. The number of fused-ring (bicyclic) bond motifs is 2. The van der Waals surface area contributed by atoms with Crippen LogP contribution in [0.5, 0.6) is 0 Å². The van der Waals surface area contributed by atoms with E-state index in [0.29, 0.717) is 17.2 Å². The zero-order valence-electron chi connectivity index (χ0n) is 12.8. The predicted molar refractivity (Wildman–Crippen MR) is 89.8 cm³/mol. The first kappa shape index (κ1) is 14.7. The van der Waals surface area contributed by atoms with Gasteiger partial charge >= 0.3 is 5.97 Å². The maximum atomic E-state index is 13.1. The Morgan fingerprint density at radius 3 is 2.74 bits per heavy atom. The quantitative estimate of drug-likeness (QED) is 0.912. The van der Waals surface area contributed by atoms with Crippen LogP contribution in [-0.4, -0.2) is 34.0 Å². The van der Waals surface area contributed by atoms with E-state index in [9.17, 15) is 14.7 Å². The molecular formula is C18H19NO3S. The molecule has 0 radical (unpaired) electrons. The number of carboxylic acids is 1. The number of aliphatic carboxylic acids is 1. The number of thiophene rings is 1. The number of benzene rings is 1. The number of hydrogen-bond acceptors (Lipinski definition) is 3. The van der Waals surface area contributed by atoms with Crippen LogP contribution >= 0.6 is 11.3 Å². The van der Waals surface area contributed by atoms with Gasteiger partial charge in [0, 0.05) is 10.7 Å². The lowest BCUT2D eigenvalue weighted by Gasteiger charge is -2.32. The molecule has 1 amide bonds. The molecule has 23 heavy (non-hydrogen) atoms. The van der Waals surface area contributed by atoms with Gasteiger partial charge in [-0.25, -0.2) is 4.79 Å². The van der Waals surface area contributed by atoms with Crippen LogP contribution in [0.4, 0.5) is 0 Å². The van der Waals surface area contributed by atoms with E-state index in [1.54, 1.807) is 4.90 Å². The number of carbonyl (C=O) groups is 2. The maximum Gasteiger partial charge on any atom is 0.326 e. The number of carboxylic acid groups (broad SMARTS) is 1. The fourth-order valence-electron chi connectivity index (χ4n) is 4.19. The van der Waals surface area contributed by atoms with E-state index in [1.807, 2.05) is 30.3 Å². The van der Waals surface area contributed by atoms with Gasteiger partial charge in [0.2, 0.25) is 0 Å². The van der Waals surface area contributed by atoms with Gasteiger partial charge in [-0.15, -0.1) is 11.3 Å². The number of hydrogen-bond donors (Lipinski definition) is 1. The minimum atomic E-state index is -0.867. The summed E-state index contributed by atoms with van der Waals surface area (Å²) in [5.74, 6) is -0.620. The highest BCUT2D eigenvalue weighted by Crippen LogP contribution is 2.41. The number of likely N-dealkylation sites (tertiary alicyclic amines) is 1. The largest absolute Gasteiger partial charge is 0.480 e. The Balaban J connectivity index is 1.70. The molecule has 5 heteroatoms. The minimum absolute atomic E-state index is 0.0996. The summed E-state index contributed by atoms with van der Waals surface area (Å²) in [6.45, 7) is 0. The molecule has 0 bridgehead atoms. The number of nitrogens with zero attached hydrogens (tertiary/aromatic N) is 1. The third-order valence-corrected chi connectivity index (χ3v) is 6.35. The molecule has 1 aliphatic carbocycles. The molecule has 4 nitrogen and oxygen atoms in total. The Morgan fingerprint density at radius 1 is 1.17 bits per heavy atom. The van der Waals surface area contributed by atoms with Crippen molar-refractivity contribution in [1.29, 1.82) is 0 Å². The second-order valence-corrected chi connectivity index (χ2v) is 7.65. The van der Waals surface area contributed by atoms with E-state index >= 15 is 0 Å². The van der Waals surface area contributed by atoms with Gasteiger partial charge in [0.1, 0.15) is 6.04 Å². The average molecular weight is 329 g/mol. The van der Waals surface area contributed by atoms with Crippen molar-refractivity contribution in [3.05, 3.63) is 35.2 Å². The van der Waals surface area contributed by atoms with Crippen LogP contribution in [0.1, 0.15) is 41.8 Å². The van der Waals surface area contributed by atoms with E-state index < -0.39 is 12.0 Å². The summed E-state index contributed by atoms with van der Waals surface area (Å²) in [5.41, 5.74) is 0. The molecule has 2 aliphatic rings. The Kier molecular flexibility index (Phi) is 3.60. The van der Waals surface area contributed by atoms with E-state index in [2.05, 4.69) is 0 Å². The van der Waals surface area contributed by atoms with Crippen LogP contribution in [-0.2, 0) is 4.79 Å². The smallest absolute Gasteiger partial charge is 0.326 e. The highest BCUT2D eigenvalue weighted by atomic mass is 32.1. The van der Waals surface area contributed by atoms with Gasteiger partial charge in [0.25, 0.3) is 5.91 Å². The molecule has 2 heterocycles. The second kappa shape index (κ2) is 5.64. The molecule has 4 rings (SSSR count). The molecule has 1 saturated carbocycles. The number of amides is 1. The van der Waals surface area contributed by atoms with Gasteiger partial charge in [-0.2, -0.15) is 0 Å². The van der Waals surface area contributed by atoms with Crippen molar-refractivity contribution in [3.63, 3.8) is 0 Å². The molecule has 1 N–H and O–H groups in total. The van der Waals surface area contributed by atoms with Crippen molar-refractivity contribution in [2.24, 2.45) is 5.92 Å². The molecule has 3 atom stereocenters. The van der Waals surface area contributed by atoms with Crippen LogP contribution in [0.25, 0.3) is 10.1 Å². The first-order chi connectivity index (χ1) is 11.1. The molecule has 1 saturated heterocycles. The lowest BCUT2D eigenvalue weighted by Crippen LogP contribution is -2.46. The molecular weight excluding hydrogens is 310 g/mol. The first-order valence-corrected chi connectivity index (χ1v) is 9.01. The minimum Gasteiger partial charge on any atom is -0.480 e. The normalized spacial score (nSPS) is 27.1. The van der Waals surface area contributed by atoms with E-state index in [-0.39, 0.29) is 11.9 Å². The molecule has 1 aromatic heterocycles. The van der Waals surface area contributed by atoms with Gasteiger partial charge in [0.05, 0.1) is 4.88 Å². The summed E-state index contributed by atoms with van der Waals surface area (Å²) in [6.07, 6.45) is 4.83.